The number of rotatable bonds is 9. The molecule has 1 fully saturated rings. The summed E-state index contributed by atoms with van der Waals surface area (Å²) in [6.07, 6.45) is 2.51. The van der Waals surface area contributed by atoms with Crippen LogP contribution in [-0.2, 0) is 24.5 Å². The highest BCUT2D eigenvalue weighted by molar-refractivity contribution is 14.0. The van der Waals surface area contributed by atoms with Gasteiger partial charge in [-0.05, 0) is 42.6 Å². The summed E-state index contributed by atoms with van der Waals surface area (Å²) in [7, 11) is 0. The summed E-state index contributed by atoms with van der Waals surface area (Å²) in [5, 5.41) is 3.28. The van der Waals surface area contributed by atoms with E-state index in [-0.39, 0.29) is 24.0 Å². The van der Waals surface area contributed by atoms with E-state index >= 15 is 0 Å². The minimum absolute atomic E-state index is 0. The van der Waals surface area contributed by atoms with Crippen LogP contribution in [0.25, 0.3) is 0 Å². The predicted octanol–water partition coefficient (Wildman–Crippen LogP) is 3.91. The quantitative estimate of drug-likeness (QED) is 0.307. The number of halogens is 1. The number of likely N-dealkylation sites (N-methyl/N-ethyl adjacent to an activating group) is 1. The molecule has 2 aromatic carbocycles. The van der Waals surface area contributed by atoms with Gasteiger partial charge in [-0.15, -0.1) is 24.0 Å². The van der Waals surface area contributed by atoms with Gasteiger partial charge in [0.25, 0.3) is 0 Å². The lowest BCUT2D eigenvalue weighted by Crippen LogP contribution is -2.42. The van der Waals surface area contributed by atoms with Crippen molar-refractivity contribution in [3.8, 4) is 0 Å². The Balaban J connectivity index is 0.00000300. The number of hydrogen-bond acceptors (Lipinski definition) is 3. The van der Waals surface area contributed by atoms with Crippen LogP contribution in [0.2, 0.25) is 0 Å². The van der Waals surface area contributed by atoms with Gasteiger partial charge in [0, 0.05) is 12.6 Å². The second-order valence-corrected chi connectivity index (χ2v) is 7.30. The van der Waals surface area contributed by atoms with E-state index in [1.54, 1.807) is 0 Å². The molecular weight excluding hydrogens is 475 g/mol. The summed E-state index contributed by atoms with van der Waals surface area (Å²) in [6, 6.07) is 19.2. The number of ether oxygens (including phenoxy) is 1. The van der Waals surface area contributed by atoms with E-state index < -0.39 is 0 Å². The zero-order valence-electron chi connectivity index (χ0n) is 17.2. The molecule has 0 aromatic heterocycles. The standard InChI is InChI=1S/C23H32N4O.HI/c1-2-27-14-6-9-22(27)16-26-23(24)25-15-19-10-12-21(13-11-19)18-28-17-20-7-4-3-5-8-20;/h3-5,7-8,10-13,22H,2,6,9,14-18H2,1H3,(H3,24,25,26);1H. The molecule has 29 heavy (non-hydrogen) atoms. The number of nitrogens with two attached hydrogens (primary N) is 1. The Morgan fingerprint density at radius 3 is 2.41 bits per heavy atom. The van der Waals surface area contributed by atoms with Crippen molar-refractivity contribution in [1.29, 1.82) is 0 Å². The minimum Gasteiger partial charge on any atom is -0.372 e. The highest BCUT2D eigenvalue weighted by atomic mass is 127. The molecule has 5 nitrogen and oxygen atoms in total. The number of guanidine groups is 1. The third-order valence-electron chi connectivity index (χ3n) is 5.26. The van der Waals surface area contributed by atoms with Gasteiger partial charge in [-0.3, -0.25) is 4.90 Å². The van der Waals surface area contributed by atoms with Crippen LogP contribution >= 0.6 is 24.0 Å². The van der Waals surface area contributed by atoms with E-state index in [1.807, 2.05) is 18.2 Å². The summed E-state index contributed by atoms with van der Waals surface area (Å²) in [5.41, 5.74) is 9.54. The Kier molecular flexibility index (Phi) is 10.5. The van der Waals surface area contributed by atoms with E-state index in [2.05, 4.69) is 58.5 Å². The van der Waals surface area contributed by atoms with Crippen molar-refractivity contribution in [1.82, 2.24) is 10.2 Å². The normalized spacial score (nSPS) is 17.1. The minimum atomic E-state index is 0. The maximum Gasteiger partial charge on any atom is 0.188 e. The topological polar surface area (TPSA) is 62.9 Å². The fourth-order valence-corrected chi connectivity index (χ4v) is 3.60. The average molecular weight is 508 g/mol. The van der Waals surface area contributed by atoms with Gasteiger partial charge in [-0.1, -0.05) is 61.5 Å². The molecule has 1 atom stereocenters. The Bertz CT molecular complexity index is 736. The molecule has 2 aromatic rings. The van der Waals surface area contributed by atoms with Gasteiger partial charge in [0.1, 0.15) is 0 Å². The molecule has 0 saturated carbocycles. The number of likely N-dealkylation sites (tertiary alicyclic amines) is 1. The fraction of sp³-hybridized carbons (Fsp3) is 0.435. The largest absolute Gasteiger partial charge is 0.372 e. The molecule has 3 rings (SSSR count). The van der Waals surface area contributed by atoms with Crippen LogP contribution in [0.3, 0.4) is 0 Å². The lowest BCUT2D eigenvalue weighted by atomic mass is 10.1. The average Bonchev–Trinajstić information content (AvgIpc) is 3.20. The molecule has 158 valence electrons. The molecular formula is C23H33IN4O. The first-order valence-electron chi connectivity index (χ1n) is 10.2. The first-order valence-corrected chi connectivity index (χ1v) is 10.2. The van der Waals surface area contributed by atoms with Crippen molar-refractivity contribution in [2.45, 2.75) is 45.6 Å². The van der Waals surface area contributed by atoms with Crippen molar-refractivity contribution in [2.75, 3.05) is 19.6 Å². The summed E-state index contributed by atoms with van der Waals surface area (Å²) in [4.78, 5) is 6.97. The molecule has 0 radical (unpaired) electrons. The number of benzene rings is 2. The summed E-state index contributed by atoms with van der Waals surface area (Å²) < 4.78 is 5.78. The van der Waals surface area contributed by atoms with Crippen LogP contribution in [0.4, 0.5) is 0 Å². The Labute approximate surface area is 191 Å². The van der Waals surface area contributed by atoms with Crippen LogP contribution in [0.5, 0.6) is 0 Å². The molecule has 1 unspecified atom stereocenters. The van der Waals surface area contributed by atoms with Crippen LogP contribution < -0.4 is 11.1 Å². The molecule has 0 amide bonds. The lowest BCUT2D eigenvalue weighted by molar-refractivity contribution is 0.107. The first-order chi connectivity index (χ1) is 13.7. The summed E-state index contributed by atoms with van der Waals surface area (Å²) in [5.74, 6) is 0.526. The highest BCUT2D eigenvalue weighted by Crippen LogP contribution is 2.15. The van der Waals surface area contributed by atoms with Crippen molar-refractivity contribution in [3.63, 3.8) is 0 Å². The zero-order valence-corrected chi connectivity index (χ0v) is 19.5. The van der Waals surface area contributed by atoms with Crippen LogP contribution in [0, 0.1) is 0 Å². The molecule has 1 saturated heterocycles. The molecule has 0 spiro atoms. The molecule has 0 aliphatic carbocycles. The van der Waals surface area contributed by atoms with Crippen LogP contribution in [0.1, 0.15) is 36.5 Å². The van der Waals surface area contributed by atoms with Crippen molar-refractivity contribution >= 4 is 29.9 Å². The van der Waals surface area contributed by atoms with E-state index in [4.69, 9.17) is 10.5 Å². The number of hydrogen-bond donors (Lipinski definition) is 2. The van der Waals surface area contributed by atoms with Gasteiger partial charge >= 0.3 is 0 Å². The molecule has 1 heterocycles. The van der Waals surface area contributed by atoms with Crippen molar-refractivity contribution < 1.29 is 4.74 Å². The Hall–Kier alpha value is -1.64. The number of aliphatic imine (C=N–C) groups is 1. The smallest absolute Gasteiger partial charge is 0.188 e. The van der Waals surface area contributed by atoms with E-state index in [0.717, 1.165) is 24.2 Å². The predicted molar refractivity (Wildman–Crippen MR) is 130 cm³/mol. The van der Waals surface area contributed by atoms with Crippen molar-refractivity contribution in [2.24, 2.45) is 10.7 Å². The maximum atomic E-state index is 6.04. The van der Waals surface area contributed by atoms with Gasteiger partial charge in [0.05, 0.1) is 19.8 Å². The second kappa shape index (κ2) is 12.8. The van der Waals surface area contributed by atoms with E-state index in [9.17, 15) is 0 Å². The molecule has 1 aliphatic rings. The van der Waals surface area contributed by atoms with Crippen LogP contribution in [0.15, 0.2) is 59.6 Å². The molecule has 3 N–H and O–H groups in total. The summed E-state index contributed by atoms with van der Waals surface area (Å²) >= 11 is 0. The third kappa shape index (κ3) is 7.95. The third-order valence-corrected chi connectivity index (χ3v) is 5.26. The van der Waals surface area contributed by atoms with E-state index in [1.165, 1.54) is 24.9 Å². The first kappa shape index (κ1) is 23.6. The molecule has 6 heteroatoms. The van der Waals surface area contributed by atoms with Gasteiger partial charge in [-0.25, -0.2) is 4.99 Å². The monoisotopic (exact) mass is 508 g/mol. The van der Waals surface area contributed by atoms with E-state index in [0.29, 0.717) is 31.8 Å². The highest BCUT2D eigenvalue weighted by Gasteiger charge is 2.22. The van der Waals surface area contributed by atoms with Gasteiger partial charge in [0.2, 0.25) is 0 Å². The van der Waals surface area contributed by atoms with Gasteiger partial charge in [0.15, 0.2) is 5.96 Å². The maximum absolute atomic E-state index is 6.04. The second-order valence-electron chi connectivity index (χ2n) is 7.30. The Morgan fingerprint density at radius 2 is 1.72 bits per heavy atom. The fourth-order valence-electron chi connectivity index (χ4n) is 3.60. The SMILES string of the molecule is CCN1CCCC1CNC(N)=NCc1ccc(COCc2ccccc2)cc1.I. The number of nitrogens with zero attached hydrogens (tertiary/aromatic N) is 2. The zero-order chi connectivity index (χ0) is 19.6. The lowest BCUT2D eigenvalue weighted by Gasteiger charge is -2.23. The van der Waals surface area contributed by atoms with Crippen molar-refractivity contribution in [3.05, 3.63) is 71.3 Å². The summed E-state index contributed by atoms with van der Waals surface area (Å²) in [6.45, 7) is 7.22. The van der Waals surface area contributed by atoms with Crippen LogP contribution in [-0.4, -0.2) is 36.5 Å². The number of nitrogens with one attached hydrogen (secondary N) is 1. The molecule has 1 aliphatic heterocycles. The van der Waals surface area contributed by atoms with Gasteiger partial charge in [-0.2, -0.15) is 0 Å². The molecule has 0 bridgehead atoms. The van der Waals surface area contributed by atoms with Gasteiger partial charge < -0.3 is 15.8 Å². The Morgan fingerprint density at radius 1 is 1.07 bits per heavy atom.